The van der Waals surface area contributed by atoms with Crippen molar-refractivity contribution in [3.05, 3.63) is 79.1 Å². The summed E-state index contributed by atoms with van der Waals surface area (Å²) in [6.07, 6.45) is 1.67. The molecule has 0 aliphatic rings. The van der Waals surface area contributed by atoms with Crippen LogP contribution in [0.4, 0.5) is 5.69 Å². The molecule has 0 saturated heterocycles. The topological polar surface area (TPSA) is 79.8 Å². The minimum absolute atomic E-state index is 0.0161. The zero-order valence-electron chi connectivity index (χ0n) is 12.7. The predicted molar refractivity (Wildman–Crippen MR) is 102 cm³/mol. The maximum atomic E-state index is 10.7. The molecule has 0 bridgehead atoms. The molecule has 3 aromatic rings. The van der Waals surface area contributed by atoms with Crippen LogP contribution in [0.5, 0.6) is 0 Å². The standard InChI is InChI=1S/C18H10BrN3O2S/c19-15-5-3-13(4-6-15)17-11-25-18(21-17)14(10-20)9-12-1-7-16(8-2-12)22(23)24/h1-9,11H. The van der Waals surface area contributed by atoms with E-state index in [9.17, 15) is 15.4 Å². The quantitative estimate of drug-likeness (QED) is 0.320. The van der Waals surface area contributed by atoms with Crippen molar-refractivity contribution in [3.8, 4) is 17.3 Å². The number of thiazole rings is 1. The van der Waals surface area contributed by atoms with E-state index in [0.29, 0.717) is 16.1 Å². The van der Waals surface area contributed by atoms with Crippen molar-refractivity contribution in [2.24, 2.45) is 0 Å². The van der Waals surface area contributed by atoms with E-state index in [1.807, 2.05) is 29.6 Å². The molecule has 0 unspecified atom stereocenters. The Morgan fingerprint density at radius 2 is 1.88 bits per heavy atom. The van der Waals surface area contributed by atoms with Gasteiger partial charge in [0.25, 0.3) is 5.69 Å². The van der Waals surface area contributed by atoms with Crippen molar-refractivity contribution >= 4 is 44.6 Å². The number of allylic oxidation sites excluding steroid dienone is 1. The third-order valence-electron chi connectivity index (χ3n) is 3.41. The van der Waals surface area contributed by atoms with Crippen LogP contribution in [0, 0.1) is 21.4 Å². The summed E-state index contributed by atoms with van der Waals surface area (Å²) in [6.45, 7) is 0. The molecule has 25 heavy (non-hydrogen) atoms. The van der Waals surface area contributed by atoms with E-state index in [4.69, 9.17) is 0 Å². The van der Waals surface area contributed by atoms with Gasteiger partial charge in [-0.05, 0) is 35.9 Å². The first kappa shape index (κ1) is 17.0. The van der Waals surface area contributed by atoms with Gasteiger partial charge in [0.05, 0.1) is 16.2 Å². The van der Waals surface area contributed by atoms with Crippen LogP contribution in [-0.2, 0) is 0 Å². The number of non-ortho nitro benzene ring substituents is 1. The van der Waals surface area contributed by atoms with Gasteiger partial charge in [-0.15, -0.1) is 11.3 Å². The molecule has 0 atom stereocenters. The highest BCUT2D eigenvalue weighted by atomic mass is 79.9. The lowest BCUT2D eigenvalue weighted by Crippen LogP contribution is -1.87. The largest absolute Gasteiger partial charge is 0.269 e. The fourth-order valence-electron chi connectivity index (χ4n) is 2.15. The number of benzene rings is 2. The van der Waals surface area contributed by atoms with E-state index in [2.05, 4.69) is 27.0 Å². The molecule has 0 spiro atoms. The third-order valence-corrected chi connectivity index (χ3v) is 4.81. The monoisotopic (exact) mass is 411 g/mol. The molecule has 0 fully saturated rings. The van der Waals surface area contributed by atoms with E-state index in [0.717, 1.165) is 15.7 Å². The van der Waals surface area contributed by atoms with Gasteiger partial charge in [-0.3, -0.25) is 10.1 Å². The smallest absolute Gasteiger partial charge is 0.258 e. The number of hydrogen-bond donors (Lipinski definition) is 0. The Morgan fingerprint density at radius 3 is 2.48 bits per heavy atom. The van der Waals surface area contributed by atoms with E-state index < -0.39 is 4.92 Å². The van der Waals surface area contributed by atoms with Crippen molar-refractivity contribution in [2.75, 3.05) is 0 Å². The third kappa shape index (κ3) is 3.99. The average Bonchev–Trinajstić information content (AvgIpc) is 3.10. The lowest BCUT2D eigenvalue weighted by molar-refractivity contribution is -0.384. The van der Waals surface area contributed by atoms with E-state index in [-0.39, 0.29) is 5.69 Å². The van der Waals surface area contributed by atoms with Crippen LogP contribution >= 0.6 is 27.3 Å². The minimum Gasteiger partial charge on any atom is -0.258 e. The van der Waals surface area contributed by atoms with Crippen molar-refractivity contribution in [1.82, 2.24) is 4.98 Å². The number of nitro groups is 1. The van der Waals surface area contributed by atoms with Crippen molar-refractivity contribution < 1.29 is 4.92 Å². The highest BCUT2D eigenvalue weighted by Crippen LogP contribution is 2.28. The number of nitrogens with zero attached hydrogens (tertiary/aromatic N) is 3. The molecule has 0 aliphatic carbocycles. The first-order valence-electron chi connectivity index (χ1n) is 7.15. The summed E-state index contributed by atoms with van der Waals surface area (Å²) in [5, 5.41) is 22.6. The highest BCUT2D eigenvalue weighted by molar-refractivity contribution is 9.10. The Hall–Kier alpha value is -2.82. The zero-order chi connectivity index (χ0) is 17.8. The number of aromatic nitrogens is 1. The molecule has 122 valence electrons. The molecule has 5 nitrogen and oxygen atoms in total. The van der Waals surface area contributed by atoms with Gasteiger partial charge in [0, 0.05) is 27.5 Å². The van der Waals surface area contributed by atoms with Crippen LogP contribution in [0.2, 0.25) is 0 Å². The fraction of sp³-hybridized carbons (Fsp3) is 0. The maximum absolute atomic E-state index is 10.7. The molecule has 0 amide bonds. The van der Waals surface area contributed by atoms with Crippen molar-refractivity contribution in [3.63, 3.8) is 0 Å². The Kier molecular flexibility index (Phi) is 5.03. The summed E-state index contributed by atoms with van der Waals surface area (Å²) in [5.74, 6) is 0. The SMILES string of the molecule is N#CC(=Cc1ccc([N+](=O)[O-])cc1)c1nc(-c2ccc(Br)cc2)cs1. The number of rotatable bonds is 4. The fourth-order valence-corrected chi connectivity index (χ4v) is 3.21. The Balaban J connectivity index is 1.90. The molecular formula is C18H10BrN3O2S. The van der Waals surface area contributed by atoms with Gasteiger partial charge >= 0.3 is 0 Å². The summed E-state index contributed by atoms with van der Waals surface area (Å²) in [6, 6.07) is 16.0. The van der Waals surface area contributed by atoms with Crippen LogP contribution in [0.3, 0.4) is 0 Å². The van der Waals surface area contributed by atoms with Crippen LogP contribution < -0.4 is 0 Å². The molecule has 7 heteroatoms. The van der Waals surface area contributed by atoms with Gasteiger partial charge in [0.1, 0.15) is 11.1 Å². The van der Waals surface area contributed by atoms with Crippen LogP contribution in [0.25, 0.3) is 22.9 Å². The zero-order valence-corrected chi connectivity index (χ0v) is 15.1. The summed E-state index contributed by atoms with van der Waals surface area (Å²) in [4.78, 5) is 14.8. The summed E-state index contributed by atoms with van der Waals surface area (Å²) in [5.41, 5.74) is 2.92. The second kappa shape index (κ2) is 7.38. The number of nitro benzene ring substituents is 1. The van der Waals surface area contributed by atoms with Crippen LogP contribution in [-0.4, -0.2) is 9.91 Å². The molecule has 3 rings (SSSR count). The molecule has 1 heterocycles. The lowest BCUT2D eigenvalue weighted by Gasteiger charge is -1.97. The van der Waals surface area contributed by atoms with Gasteiger partial charge < -0.3 is 0 Å². The average molecular weight is 412 g/mol. The second-order valence-electron chi connectivity index (χ2n) is 5.06. The highest BCUT2D eigenvalue weighted by Gasteiger charge is 2.10. The molecular weight excluding hydrogens is 402 g/mol. The molecule has 0 aliphatic heterocycles. The van der Waals surface area contributed by atoms with E-state index in [1.54, 1.807) is 18.2 Å². The van der Waals surface area contributed by atoms with E-state index >= 15 is 0 Å². The summed E-state index contributed by atoms with van der Waals surface area (Å²) in [7, 11) is 0. The van der Waals surface area contributed by atoms with Crippen LogP contribution in [0.15, 0.2) is 58.4 Å². The first-order chi connectivity index (χ1) is 12.1. The molecule has 1 aromatic heterocycles. The predicted octanol–water partition coefficient (Wildman–Crippen LogP) is 5.54. The van der Waals surface area contributed by atoms with Gasteiger partial charge in [-0.1, -0.05) is 28.1 Å². The molecule has 0 saturated carbocycles. The summed E-state index contributed by atoms with van der Waals surface area (Å²) >= 11 is 4.78. The Bertz CT molecular complexity index is 986. The normalized spacial score (nSPS) is 11.1. The van der Waals surface area contributed by atoms with Gasteiger partial charge in [-0.25, -0.2) is 4.98 Å². The number of hydrogen-bond acceptors (Lipinski definition) is 5. The molecule has 0 N–H and O–H groups in total. The Labute approximate surface area is 156 Å². The first-order valence-corrected chi connectivity index (χ1v) is 8.82. The van der Waals surface area contributed by atoms with Gasteiger partial charge in [0.15, 0.2) is 0 Å². The van der Waals surface area contributed by atoms with Gasteiger partial charge in [0.2, 0.25) is 0 Å². The second-order valence-corrected chi connectivity index (χ2v) is 6.84. The number of nitriles is 1. The van der Waals surface area contributed by atoms with Crippen molar-refractivity contribution in [1.29, 1.82) is 5.26 Å². The molecule has 0 radical (unpaired) electrons. The lowest BCUT2D eigenvalue weighted by atomic mass is 10.1. The molecule has 2 aromatic carbocycles. The Morgan fingerprint density at radius 1 is 1.20 bits per heavy atom. The van der Waals surface area contributed by atoms with Crippen LogP contribution in [0.1, 0.15) is 10.6 Å². The maximum Gasteiger partial charge on any atom is 0.269 e. The number of halogens is 1. The van der Waals surface area contributed by atoms with E-state index in [1.165, 1.54) is 23.5 Å². The van der Waals surface area contributed by atoms with Crippen molar-refractivity contribution in [2.45, 2.75) is 0 Å². The van der Waals surface area contributed by atoms with Gasteiger partial charge in [-0.2, -0.15) is 5.26 Å². The minimum atomic E-state index is -0.454. The summed E-state index contributed by atoms with van der Waals surface area (Å²) < 4.78 is 0.988.